The Hall–Kier alpha value is -1.58. The van der Waals surface area contributed by atoms with Gasteiger partial charge < -0.3 is 9.64 Å². The van der Waals surface area contributed by atoms with Crippen LogP contribution in [-0.4, -0.2) is 36.7 Å². The summed E-state index contributed by atoms with van der Waals surface area (Å²) >= 11 is 0. The summed E-state index contributed by atoms with van der Waals surface area (Å²) in [5.74, 6) is 0.786. The Morgan fingerprint density at radius 1 is 1.59 bits per heavy atom. The molecule has 0 bridgehead atoms. The Balaban J connectivity index is 2.09. The molecule has 0 spiro atoms. The van der Waals surface area contributed by atoms with Crippen LogP contribution < -0.4 is 0 Å². The molecule has 1 rings (SSSR count). The smallest absolute Gasteiger partial charge is 0.222 e. The standard InChI is InChI=1S/C13H20N2O2/c1-11(2)14-10-12(3)17-9-5-8-15-7-4-6-13(15)16/h10H,1,3-9H2,2H3. The van der Waals surface area contributed by atoms with E-state index in [1.54, 1.807) is 6.21 Å². The van der Waals surface area contributed by atoms with Crippen molar-refractivity contribution in [3.05, 3.63) is 24.6 Å². The van der Waals surface area contributed by atoms with Crippen molar-refractivity contribution in [1.82, 2.24) is 4.90 Å². The molecule has 0 atom stereocenters. The van der Waals surface area contributed by atoms with E-state index in [4.69, 9.17) is 4.74 Å². The Labute approximate surface area is 103 Å². The summed E-state index contributed by atoms with van der Waals surface area (Å²) < 4.78 is 5.36. The molecule has 1 aliphatic rings. The third-order valence-corrected chi connectivity index (χ3v) is 2.46. The highest BCUT2D eigenvalue weighted by Gasteiger charge is 2.18. The predicted octanol–water partition coefficient (Wildman–Crippen LogP) is 2.13. The number of carbonyl (C=O) groups is 1. The maximum absolute atomic E-state index is 11.3. The number of hydrogen-bond acceptors (Lipinski definition) is 3. The Bertz CT molecular complexity index is 334. The number of ether oxygens (including phenoxy) is 1. The van der Waals surface area contributed by atoms with E-state index in [-0.39, 0.29) is 5.91 Å². The number of allylic oxidation sites excluding steroid dienone is 2. The van der Waals surface area contributed by atoms with E-state index < -0.39 is 0 Å². The largest absolute Gasteiger partial charge is 0.493 e. The van der Waals surface area contributed by atoms with Gasteiger partial charge in [-0.3, -0.25) is 9.79 Å². The maximum atomic E-state index is 11.3. The monoisotopic (exact) mass is 236 g/mol. The SMILES string of the molecule is C=C(C)N=CC(=C)OCCCN1CCCC1=O. The lowest BCUT2D eigenvalue weighted by molar-refractivity contribution is -0.127. The number of rotatable bonds is 7. The molecular formula is C13H20N2O2. The minimum atomic E-state index is 0.257. The van der Waals surface area contributed by atoms with Gasteiger partial charge in [-0.05, 0) is 19.8 Å². The second-order valence-electron chi connectivity index (χ2n) is 4.15. The van der Waals surface area contributed by atoms with Crippen molar-refractivity contribution in [2.24, 2.45) is 4.99 Å². The molecule has 4 nitrogen and oxygen atoms in total. The van der Waals surface area contributed by atoms with Gasteiger partial charge in [-0.1, -0.05) is 13.2 Å². The molecule has 0 aliphatic carbocycles. The van der Waals surface area contributed by atoms with Gasteiger partial charge in [0.15, 0.2) is 0 Å². The van der Waals surface area contributed by atoms with E-state index in [9.17, 15) is 4.79 Å². The fraction of sp³-hybridized carbons (Fsp3) is 0.538. The van der Waals surface area contributed by atoms with Crippen molar-refractivity contribution in [2.75, 3.05) is 19.7 Å². The fourth-order valence-electron chi connectivity index (χ4n) is 1.62. The summed E-state index contributed by atoms with van der Waals surface area (Å²) in [6.45, 7) is 11.4. The molecule has 1 amide bonds. The van der Waals surface area contributed by atoms with Gasteiger partial charge in [0.25, 0.3) is 0 Å². The quantitative estimate of drug-likeness (QED) is 0.386. The molecule has 0 unspecified atom stereocenters. The third-order valence-electron chi connectivity index (χ3n) is 2.46. The first kappa shape index (κ1) is 13.5. The van der Waals surface area contributed by atoms with Gasteiger partial charge in [-0.15, -0.1) is 0 Å². The first-order chi connectivity index (χ1) is 8.09. The van der Waals surface area contributed by atoms with E-state index in [1.807, 2.05) is 11.8 Å². The van der Waals surface area contributed by atoms with Crippen LogP contribution >= 0.6 is 0 Å². The molecule has 0 aromatic rings. The number of likely N-dealkylation sites (tertiary alicyclic amines) is 1. The first-order valence-corrected chi connectivity index (χ1v) is 5.88. The Kier molecular flexibility index (Phi) is 5.46. The van der Waals surface area contributed by atoms with Crippen LogP contribution in [0.1, 0.15) is 26.2 Å². The van der Waals surface area contributed by atoms with Gasteiger partial charge in [-0.25, -0.2) is 0 Å². The zero-order valence-corrected chi connectivity index (χ0v) is 10.4. The summed E-state index contributed by atoms with van der Waals surface area (Å²) in [6, 6.07) is 0. The molecule has 17 heavy (non-hydrogen) atoms. The number of aliphatic imine (C=N–C) groups is 1. The molecule has 1 heterocycles. The highest BCUT2D eigenvalue weighted by atomic mass is 16.5. The van der Waals surface area contributed by atoms with Crippen molar-refractivity contribution >= 4 is 12.1 Å². The molecule has 1 saturated heterocycles. The molecule has 4 heteroatoms. The molecule has 94 valence electrons. The molecule has 0 aromatic heterocycles. The summed E-state index contributed by atoms with van der Waals surface area (Å²) in [6.07, 6.45) is 4.06. The minimum Gasteiger partial charge on any atom is -0.493 e. The van der Waals surface area contributed by atoms with Crippen LogP contribution in [0.15, 0.2) is 29.6 Å². The lowest BCUT2D eigenvalue weighted by Gasteiger charge is -2.15. The highest BCUT2D eigenvalue weighted by molar-refractivity contribution is 5.78. The molecule has 1 fully saturated rings. The van der Waals surface area contributed by atoms with E-state index in [2.05, 4.69) is 18.2 Å². The normalized spacial score (nSPS) is 15.6. The van der Waals surface area contributed by atoms with Crippen molar-refractivity contribution in [3.63, 3.8) is 0 Å². The minimum absolute atomic E-state index is 0.257. The van der Waals surface area contributed by atoms with Gasteiger partial charge in [0.1, 0.15) is 5.76 Å². The number of hydrogen-bond donors (Lipinski definition) is 0. The predicted molar refractivity (Wildman–Crippen MR) is 68.8 cm³/mol. The van der Waals surface area contributed by atoms with Gasteiger partial charge in [0, 0.05) is 25.2 Å². The average molecular weight is 236 g/mol. The molecule has 0 aromatic carbocycles. The topological polar surface area (TPSA) is 41.9 Å². The highest BCUT2D eigenvalue weighted by Crippen LogP contribution is 2.09. The number of carbonyl (C=O) groups excluding carboxylic acids is 1. The molecule has 1 aliphatic heterocycles. The number of amides is 1. The summed E-state index contributed by atoms with van der Waals surface area (Å²) in [4.78, 5) is 17.2. The second kappa shape index (κ2) is 6.89. The summed E-state index contributed by atoms with van der Waals surface area (Å²) in [5, 5.41) is 0. The van der Waals surface area contributed by atoms with E-state index >= 15 is 0 Å². The van der Waals surface area contributed by atoms with E-state index in [1.165, 1.54) is 0 Å². The zero-order valence-electron chi connectivity index (χ0n) is 10.4. The van der Waals surface area contributed by atoms with Gasteiger partial charge in [0.05, 0.1) is 12.8 Å². The fourth-order valence-corrected chi connectivity index (χ4v) is 1.62. The Morgan fingerprint density at radius 2 is 2.35 bits per heavy atom. The van der Waals surface area contributed by atoms with E-state index in [0.717, 1.165) is 31.6 Å². The molecular weight excluding hydrogens is 216 g/mol. The van der Waals surface area contributed by atoms with E-state index in [0.29, 0.717) is 18.8 Å². The average Bonchev–Trinajstić information content (AvgIpc) is 2.68. The molecule has 0 saturated carbocycles. The maximum Gasteiger partial charge on any atom is 0.222 e. The lowest BCUT2D eigenvalue weighted by Crippen LogP contribution is -2.26. The van der Waals surface area contributed by atoms with Crippen LogP contribution in [0.3, 0.4) is 0 Å². The molecule has 0 N–H and O–H groups in total. The van der Waals surface area contributed by atoms with Gasteiger partial charge in [0.2, 0.25) is 5.91 Å². The second-order valence-corrected chi connectivity index (χ2v) is 4.15. The van der Waals surface area contributed by atoms with Gasteiger partial charge >= 0.3 is 0 Å². The van der Waals surface area contributed by atoms with Crippen molar-refractivity contribution in [2.45, 2.75) is 26.2 Å². The van der Waals surface area contributed by atoms with Crippen molar-refractivity contribution in [3.8, 4) is 0 Å². The number of nitrogens with zero attached hydrogens (tertiary/aromatic N) is 2. The molecule has 0 radical (unpaired) electrons. The lowest BCUT2D eigenvalue weighted by atomic mass is 10.4. The Morgan fingerprint density at radius 3 is 2.94 bits per heavy atom. The van der Waals surface area contributed by atoms with Gasteiger partial charge in [-0.2, -0.15) is 0 Å². The zero-order chi connectivity index (χ0) is 12.7. The van der Waals surface area contributed by atoms with Crippen LogP contribution in [0.5, 0.6) is 0 Å². The van der Waals surface area contributed by atoms with Crippen LogP contribution in [0.25, 0.3) is 0 Å². The van der Waals surface area contributed by atoms with Crippen LogP contribution in [-0.2, 0) is 9.53 Å². The van der Waals surface area contributed by atoms with Crippen molar-refractivity contribution < 1.29 is 9.53 Å². The summed E-state index contributed by atoms with van der Waals surface area (Å²) in [7, 11) is 0. The third kappa shape index (κ3) is 5.33. The van der Waals surface area contributed by atoms with Crippen LogP contribution in [0.2, 0.25) is 0 Å². The van der Waals surface area contributed by atoms with Crippen LogP contribution in [0.4, 0.5) is 0 Å². The van der Waals surface area contributed by atoms with Crippen molar-refractivity contribution in [1.29, 1.82) is 0 Å². The van der Waals surface area contributed by atoms with Crippen LogP contribution in [0, 0.1) is 0 Å². The summed E-state index contributed by atoms with van der Waals surface area (Å²) in [5.41, 5.74) is 0.720. The first-order valence-electron chi connectivity index (χ1n) is 5.88.